The van der Waals surface area contributed by atoms with Crippen LogP contribution in [0.3, 0.4) is 0 Å². The van der Waals surface area contributed by atoms with Crippen molar-refractivity contribution in [3.05, 3.63) is 114 Å². The standard InChI is InChI=1S/C35H33N3O7S/c1-6-43-29-18-23(13-15-26(29)41-4)32-31(34(40)44-7-2)21(3)37-35-38(32)33(39)30(46-35)17-22-12-14-27(28(16-22)42-5)45-20-25-11-9-8-10-24(25)19-36/h8-18,32H,6-7,20H2,1-5H3/b30-17+/t32-/m1/s1. The predicted octanol–water partition coefficient (Wildman–Crippen LogP) is 4.66. The fraction of sp³-hybridized carbons (Fsp3) is 0.257. The molecule has 11 heteroatoms. The molecule has 1 aromatic heterocycles. The second-order valence-electron chi connectivity index (χ2n) is 10.1. The van der Waals surface area contributed by atoms with Gasteiger partial charge >= 0.3 is 5.97 Å². The summed E-state index contributed by atoms with van der Waals surface area (Å²) in [6.45, 7) is 6.10. The van der Waals surface area contributed by atoms with Gasteiger partial charge in [-0.15, -0.1) is 0 Å². The number of hydrogen-bond acceptors (Lipinski definition) is 10. The molecule has 0 fully saturated rings. The highest BCUT2D eigenvalue weighted by Gasteiger charge is 2.34. The first-order valence-corrected chi connectivity index (χ1v) is 15.4. The van der Waals surface area contributed by atoms with E-state index in [4.69, 9.17) is 23.7 Å². The summed E-state index contributed by atoms with van der Waals surface area (Å²) in [5.41, 5.74) is 3.07. The zero-order valence-electron chi connectivity index (χ0n) is 26.2. The Balaban J connectivity index is 1.57. The minimum Gasteiger partial charge on any atom is -0.493 e. The number of ether oxygens (including phenoxy) is 5. The van der Waals surface area contributed by atoms with Crippen LogP contribution in [-0.2, 0) is 16.1 Å². The molecule has 1 aliphatic heterocycles. The fourth-order valence-electron chi connectivity index (χ4n) is 5.19. The molecule has 3 aromatic carbocycles. The number of esters is 1. The number of benzene rings is 3. The van der Waals surface area contributed by atoms with Gasteiger partial charge in [0.15, 0.2) is 27.8 Å². The van der Waals surface area contributed by atoms with E-state index in [1.54, 1.807) is 69.5 Å². The molecule has 0 bridgehead atoms. The molecule has 0 aliphatic carbocycles. The summed E-state index contributed by atoms with van der Waals surface area (Å²) in [6, 6.07) is 19.3. The average Bonchev–Trinajstić information content (AvgIpc) is 3.37. The van der Waals surface area contributed by atoms with Gasteiger partial charge in [0.25, 0.3) is 5.56 Å². The summed E-state index contributed by atoms with van der Waals surface area (Å²) in [5, 5.41) is 9.39. The van der Waals surface area contributed by atoms with E-state index in [0.717, 1.165) is 5.56 Å². The van der Waals surface area contributed by atoms with Crippen LogP contribution in [0.15, 0.2) is 81.7 Å². The largest absolute Gasteiger partial charge is 0.493 e. The summed E-state index contributed by atoms with van der Waals surface area (Å²) < 4.78 is 30.2. The molecule has 0 amide bonds. The summed E-state index contributed by atoms with van der Waals surface area (Å²) in [5.74, 6) is 1.44. The van der Waals surface area contributed by atoms with E-state index < -0.39 is 12.0 Å². The molecule has 0 unspecified atom stereocenters. The molecule has 5 rings (SSSR count). The van der Waals surface area contributed by atoms with Gasteiger partial charge in [0.1, 0.15) is 6.61 Å². The Labute approximate surface area is 270 Å². The first-order valence-electron chi connectivity index (χ1n) is 14.6. The van der Waals surface area contributed by atoms with Crippen LogP contribution in [0.4, 0.5) is 0 Å². The number of thiazole rings is 1. The minimum atomic E-state index is -0.802. The Morgan fingerprint density at radius 3 is 2.46 bits per heavy atom. The van der Waals surface area contributed by atoms with Crippen molar-refractivity contribution >= 4 is 23.4 Å². The quantitative estimate of drug-likeness (QED) is 0.217. The number of rotatable bonds is 11. The van der Waals surface area contributed by atoms with Crippen LogP contribution in [0.25, 0.3) is 6.08 Å². The highest BCUT2D eigenvalue weighted by atomic mass is 32.1. The van der Waals surface area contributed by atoms with Gasteiger partial charge in [-0.05, 0) is 68.3 Å². The number of fused-ring (bicyclic) bond motifs is 1. The van der Waals surface area contributed by atoms with Gasteiger partial charge < -0.3 is 23.7 Å². The number of nitrogens with zero attached hydrogens (tertiary/aromatic N) is 3. The van der Waals surface area contributed by atoms with Gasteiger partial charge in [0.05, 0.1) is 60.9 Å². The maximum absolute atomic E-state index is 14.1. The van der Waals surface area contributed by atoms with Crippen molar-refractivity contribution < 1.29 is 28.5 Å². The number of hydrogen-bond donors (Lipinski definition) is 0. The van der Waals surface area contributed by atoms with Crippen LogP contribution in [0.1, 0.15) is 49.1 Å². The molecule has 0 radical (unpaired) electrons. The maximum Gasteiger partial charge on any atom is 0.338 e. The summed E-state index contributed by atoms with van der Waals surface area (Å²) >= 11 is 1.22. The molecule has 1 aliphatic rings. The topological polar surface area (TPSA) is 121 Å². The molecule has 46 heavy (non-hydrogen) atoms. The van der Waals surface area contributed by atoms with E-state index in [-0.39, 0.29) is 24.3 Å². The van der Waals surface area contributed by atoms with Crippen LogP contribution >= 0.6 is 11.3 Å². The summed E-state index contributed by atoms with van der Waals surface area (Å²) in [7, 11) is 3.09. The Morgan fingerprint density at radius 1 is 0.978 bits per heavy atom. The Hall–Kier alpha value is -5.34. The van der Waals surface area contributed by atoms with E-state index in [9.17, 15) is 14.9 Å². The molecular weight excluding hydrogens is 606 g/mol. The van der Waals surface area contributed by atoms with Crippen molar-refractivity contribution in [2.45, 2.75) is 33.4 Å². The van der Waals surface area contributed by atoms with Gasteiger partial charge in [0, 0.05) is 5.56 Å². The normalized spacial score (nSPS) is 14.2. The van der Waals surface area contributed by atoms with Gasteiger partial charge in [-0.25, -0.2) is 9.79 Å². The van der Waals surface area contributed by atoms with Gasteiger partial charge in [-0.1, -0.05) is 41.7 Å². The lowest BCUT2D eigenvalue weighted by atomic mass is 9.95. The highest BCUT2D eigenvalue weighted by Crippen LogP contribution is 2.36. The van der Waals surface area contributed by atoms with Crippen LogP contribution in [0.5, 0.6) is 23.0 Å². The third kappa shape index (κ3) is 6.39. The number of allylic oxidation sites excluding steroid dienone is 1. The monoisotopic (exact) mass is 639 g/mol. The molecule has 0 N–H and O–H groups in total. The summed E-state index contributed by atoms with van der Waals surface area (Å²) in [4.78, 5) is 32.4. The van der Waals surface area contributed by atoms with Crippen LogP contribution in [0.2, 0.25) is 0 Å². The molecule has 0 saturated carbocycles. The lowest BCUT2D eigenvalue weighted by Crippen LogP contribution is -2.40. The summed E-state index contributed by atoms with van der Waals surface area (Å²) in [6.07, 6.45) is 1.75. The Morgan fingerprint density at radius 2 is 1.74 bits per heavy atom. The molecule has 2 heterocycles. The average molecular weight is 640 g/mol. The van der Waals surface area contributed by atoms with Gasteiger partial charge in [-0.3, -0.25) is 9.36 Å². The van der Waals surface area contributed by atoms with Crippen molar-refractivity contribution in [1.82, 2.24) is 4.57 Å². The lowest BCUT2D eigenvalue weighted by Gasteiger charge is -2.25. The number of carbonyl (C=O) groups excluding carboxylic acids is 1. The van der Waals surface area contributed by atoms with Gasteiger partial charge in [0.2, 0.25) is 0 Å². The van der Waals surface area contributed by atoms with Crippen LogP contribution < -0.4 is 33.8 Å². The van der Waals surface area contributed by atoms with Crippen molar-refractivity contribution in [2.24, 2.45) is 4.99 Å². The van der Waals surface area contributed by atoms with Crippen LogP contribution in [-0.4, -0.2) is 38.0 Å². The molecule has 0 saturated heterocycles. The highest BCUT2D eigenvalue weighted by molar-refractivity contribution is 7.07. The number of nitriles is 1. The third-order valence-corrected chi connectivity index (χ3v) is 8.31. The minimum absolute atomic E-state index is 0.173. The van der Waals surface area contributed by atoms with E-state index in [1.807, 2.05) is 25.1 Å². The van der Waals surface area contributed by atoms with E-state index in [1.165, 1.54) is 23.0 Å². The van der Waals surface area contributed by atoms with Crippen molar-refractivity contribution in [2.75, 3.05) is 27.4 Å². The van der Waals surface area contributed by atoms with E-state index >= 15 is 0 Å². The number of aromatic nitrogens is 1. The zero-order valence-corrected chi connectivity index (χ0v) is 27.0. The first-order chi connectivity index (χ1) is 22.3. The molecule has 4 aromatic rings. The fourth-order valence-corrected chi connectivity index (χ4v) is 6.24. The van der Waals surface area contributed by atoms with Crippen molar-refractivity contribution in [3.8, 4) is 29.1 Å². The lowest BCUT2D eigenvalue weighted by molar-refractivity contribution is -0.139. The predicted molar refractivity (Wildman–Crippen MR) is 173 cm³/mol. The number of carbonyl (C=O) groups is 1. The zero-order chi connectivity index (χ0) is 32.8. The van der Waals surface area contributed by atoms with Crippen molar-refractivity contribution in [3.63, 3.8) is 0 Å². The molecule has 1 atom stereocenters. The van der Waals surface area contributed by atoms with Crippen molar-refractivity contribution in [1.29, 1.82) is 5.26 Å². The molecular formula is C35H33N3O7S. The molecule has 236 valence electrons. The van der Waals surface area contributed by atoms with E-state index in [0.29, 0.717) is 61.3 Å². The Kier molecular flexibility index (Phi) is 9.88. The van der Waals surface area contributed by atoms with Gasteiger partial charge in [-0.2, -0.15) is 5.26 Å². The van der Waals surface area contributed by atoms with E-state index in [2.05, 4.69) is 11.1 Å². The first kappa shape index (κ1) is 32.1. The maximum atomic E-state index is 14.1. The SMILES string of the molecule is CCOC(=O)C1=C(C)N=c2s/c(=C/c3ccc(OCc4ccccc4C#N)c(OC)c3)c(=O)n2[C@@H]1c1ccc(OC)c(OCC)c1. The Bertz CT molecular complexity index is 2040. The second kappa shape index (κ2) is 14.2. The third-order valence-electron chi connectivity index (χ3n) is 7.33. The second-order valence-corrected chi connectivity index (χ2v) is 11.1. The van der Waals surface area contributed by atoms with Crippen LogP contribution in [0, 0.1) is 11.3 Å². The smallest absolute Gasteiger partial charge is 0.338 e. The molecule has 0 spiro atoms. The molecule has 10 nitrogen and oxygen atoms in total. The number of methoxy groups -OCH3 is 2.